The van der Waals surface area contributed by atoms with Gasteiger partial charge >= 0.3 is 0 Å². The van der Waals surface area contributed by atoms with Gasteiger partial charge in [-0.2, -0.15) is 5.10 Å². The Morgan fingerprint density at radius 2 is 2.27 bits per heavy atom. The van der Waals surface area contributed by atoms with Crippen LogP contribution >= 0.6 is 0 Å². The van der Waals surface area contributed by atoms with Crippen molar-refractivity contribution in [1.29, 1.82) is 0 Å². The number of methoxy groups -OCH3 is 1. The second-order valence-corrected chi connectivity index (χ2v) is 5.55. The number of aryl methyl sites for hydroxylation is 2. The van der Waals surface area contributed by atoms with Gasteiger partial charge in [-0.05, 0) is 19.4 Å². The molecule has 0 aliphatic carbocycles. The number of rotatable bonds is 5. The van der Waals surface area contributed by atoms with E-state index in [0.29, 0.717) is 6.04 Å². The molecule has 5 nitrogen and oxygen atoms in total. The average molecular weight is 298 g/mol. The third-order valence-corrected chi connectivity index (χ3v) is 3.92. The van der Waals surface area contributed by atoms with Crippen LogP contribution in [-0.2, 0) is 13.0 Å². The molecule has 1 unspecified atom stereocenters. The van der Waals surface area contributed by atoms with E-state index in [2.05, 4.69) is 33.6 Å². The van der Waals surface area contributed by atoms with Crippen molar-refractivity contribution in [1.82, 2.24) is 20.1 Å². The predicted molar refractivity (Wildman–Crippen MR) is 86.9 cm³/mol. The third kappa shape index (κ3) is 3.36. The van der Waals surface area contributed by atoms with E-state index in [-0.39, 0.29) is 0 Å². The van der Waals surface area contributed by atoms with Crippen molar-refractivity contribution in [2.24, 2.45) is 0 Å². The molecule has 1 atom stereocenters. The van der Waals surface area contributed by atoms with Crippen molar-refractivity contribution in [2.75, 3.05) is 13.7 Å². The number of ether oxygens (including phenoxy) is 1. The lowest BCUT2D eigenvalue weighted by Gasteiger charge is -2.23. The Bertz CT molecular complexity index is 662. The highest BCUT2D eigenvalue weighted by atomic mass is 16.5. The number of hydrogen-bond donors (Lipinski definition) is 1. The summed E-state index contributed by atoms with van der Waals surface area (Å²) in [6.07, 6.45) is 6.34. The van der Waals surface area contributed by atoms with Crippen LogP contribution in [0.5, 0.6) is 5.75 Å². The van der Waals surface area contributed by atoms with Crippen LogP contribution in [0, 0.1) is 6.92 Å². The molecule has 1 aliphatic heterocycles. The smallest absolute Gasteiger partial charge is 0.147 e. The second kappa shape index (κ2) is 6.75. The number of fused-ring (bicyclic) bond motifs is 1. The molecule has 1 N–H and O–H groups in total. The molecule has 2 heterocycles. The fourth-order valence-electron chi connectivity index (χ4n) is 2.83. The molecule has 1 aromatic carbocycles. The van der Waals surface area contributed by atoms with Crippen molar-refractivity contribution < 1.29 is 4.74 Å². The molecule has 0 fully saturated rings. The number of aromatic nitrogens is 3. The first-order valence-electron chi connectivity index (χ1n) is 7.69. The number of hydrogen-bond acceptors (Lipinski definition) is 4. The van der Waals surface area contributed by atoms with Gasteiger partial charge in [-0.1, -0.05) is 30.4 Å². The van der Waals surface area contributed by atoms with Crippen molar-refractivity contribution in [3.8, 4) is 5.75 Å². The van der Waals surface area contributed by atoms with E-state index in [9.17, 15) is 0 Å². The summed E-state index contributed by atoms with van der Waals surface area (Å²) in [4.78, 5) is 4.44. The maximum absolute atomic E-state index is 5.34. The Labute approximate surface area is 131 Å². The van der Waals surface area contributed by atoms with E-state index in [0.717, 1.165) is 48.9 Å². The van der Waals surface area contributed by atoms with Gasteiger partial charge in [-0.3, -0.25) is 0 Å². The Morgan fingerprint density at radius 1 is 1.41 bits per heavy atom. The quantitative estimate of drug-likeness (QED) is 0.919. The van der Waals surface area contributed by atoms with Gasteiger partial charge in [0.1, 0.15) is 17.4 Å². The van der Waals surface area contributed by atoms with Crippen LogP contribution in [0.1, 0.15) is 23.6 Å². The molecule has 1 aromatic heterocycles. The summed E-state index contributed by atoms with van der Waals surface area (Å²) in [5.74, 6) is 2.88. The maximum atomic E-state index is 5.34. The summed E-state index contributed by atoms with van der Waals surface area (Å²) in [5, 5.41) is 7.99. The molecule has 5 heteroatoms. The number of benzene rings is 1. The fourth-order valence-corrected chi connectivity index (χ4v) is 2.83. The molecular weight excluding hydrogens is 276 g/mol. The molecule has 3 rings (SSSR count). The molecule has 0 bridgehead atoms. The van der Waals surface area contributed by atoms with Gasteiger partial charge in [-0.25, -0.2) is 9.67 Å². The molecule has 22 heavy (non-hydrogen) atoms. The number of para-hydroxylation sites is 1. The van der Waals surface area contributed by atoms with E-state index in [1.165, 1.54) is 0 Å². The zero-order chi connectivity index (χ0) is 15.4. The molecule has 0 amide bonds. The van der Waals surface area contributed by atoms with Crippen LogP contribution in [0.3, 0.4) is 0 Å². The van der Waals surface area contributed by atoms with Crippen molar-refractivity contribution in [3.63, 3.8) is 0 Å². The highest BCUT2D eigenvalue weighted by Gasteiger charge is 2.19. The van der Waals surface area contributed by atoms with E-state index in [1.807, 2.05) is 29.8 Å². The van der Waals surface area contributed by atoms with Gasteiger partial charge in [0, 0.05) is 24.6 Å². The van der Waals surface area contributed by atoms with Crippen molar-refractivity contribution in [3.05, 3.63) is 47.6 Å². The molecule has 0 saturated carbocycles. The van der Waals surface area contributed by atoms with Gasteiger partial charge in [0.15, 0.2) is 0 Å². The molecule has 0 spiro atoms. The number of nitrogens with one attached hydrogen (secondary N) is 1. The third-order valence-electron chi connectivity index (χ3n) is 3.92. The highest BCUT2D eigenvalue weighted by Crippen LogP contribution is 2.18. The summed E-state index contributed by atoms with van der Waals surface area (Å²) < 4.78 is 7.37. The zero-order valence-electron chi connectivity index (χ0n) is 13.1. The van der Waals surface area contributed by atoms with Crippen LogP contribution in [0.15, 0.2) is 30.3 Å². The SMILES string of the molecule is COc1ccccc1/C=C/CNC1CCc2nc(C)nn2C1. The summed E-state index contributed by atoms with van der Waals surface area (Å²) >= 11 is 0. The molecule has 116 valence electrons. The van der Waals surface area contributed by atoms with Crippen LogP contribution in [0.2, 0.25) is 0 Å². The average Bonchev–Trinajstić information content (AvgIpc) is 2.91. The Balaban J connectivity index is 1.52. The van der Waals surface area contributed by atoms with E-state index in [4.69, 9.17) is 4.74 Å². The topological polar surface area (TPSA) is 52.0 Å². The monoisotopic (exact) mass is 298 g/mol. The lowest BCUT2D eigenvalue weighted by atomic mass is 10.1. The summed E-state index contributed by atoms with van der Waals surface area (Å²) in [6.45, 7) is 3.69. The minimum Gasteiger partial charge on any atom is -0.496 e. The normalized spacial score (nSPS) is 17.6. The number of nitrogens with zero attached hydrogens (tertiary/aromatic N) is 3. The molecule has 2 aromatic rings. The van der Waals surface area contributed by atoms with Gasteiger partial charge in [0.2, 0.25) is 0 Å². The van der Waals surface area contributed by atoms with Crippen LogP contribution < -0.4 is 10.1 Å². The highest BCUT2D eigenvalue weighted by molar-refractivity contribution is 5.57. The minimum absolute atomic E-state index is 0.455. The van der Waals surface area contributed by atoms with Gasteiger partial charge < -0.3 is 10.1 Å². The van der Waals surface area contributed by atoms with E-state index in [1.54, 1.807) is 7.11 Å². The lowest BCUT2D eigenvalue weighted by molar-refractivity contribution is 0.369. The van der Waals surface area contributed by atoms with Crippen molar-refractivity contribution in [2.45, 2.75) is 32.4 Å². The maximum Gasteiger partial charge on any atom is 0.147 e. The molecular formula is C17H22N4O. The zero-order valence-corrected chi connectivity index (χ0v) is 13.1. The fraction of sp³-hybridized carbons (Fsp3) is 0.412. The lowest BCUT2D eigenvalue weighted by Crippen LogP contribution is -2.37. The summed E-state index contributed by atoms with van der Waals surface area (Å²) in [6, 6.07) is 8.49. The standard InChI is InChI=1S/C17H22N4O/c1-13-19-17-10-9-15(12-21(17)20-13)18-11-5-7-14-6-3-4-8-16(14)22-2/h3-8,15,18H,9-12H2,1-2H3/b7-5+. The first-order chi connectivity index (χ1) is 10.8. The molecule has 0 saturated heterocycles. The van der Waals surface area contributed by atoms with E-state index < -0.39 is 0 Å². The van der Waals surface area contributed by atoms with Crippen molar-refractivity contribution >= 4 is 6.08 Å². The van der Waals surface area contributed by atoms with Crippen LogP contribution in [0.4, 0.5) is 0 Å². The first kappa shape index (κ1) is 14.8. The largest absolute Gasteiger partial charge is 0.496 e. The molecule has 0 radical (unpaired) electrons. The second-order valence-electron chi connectivity index (χ2n) is 5.55. The molecule has 1 aliphatic rings. The minimum atomic E-state index is 0.455. The predicted octanol–water partition coefficient (Wildman–Crippen LogP) is 2.21. The Hall–Kier alpha value is -2.14. The van der Waals surface area contributed by atoms with Gasteiger partial charge in [0.25, 0.3) is 0 Å². The summed E-state index contributed by atoms with van der Waals surface area (Å²) in [7, 11) is 1.70. The Kier molecular flexibility index (Phi) is 4.53. The van der Waals surface area contributed by atoms with Crippen LogP contribution in [-0.4, -0.2) is 34.5 Å². The summed E-state index contributed by atoms with van der Waals surface area (Å²) in [5.41, 5.74) is 1.10. The van der Waals surface area contributed by atoms with Gasteiger partial charge in [0.05, 0.1) is 13.7 Å². The van der Waals surface area contributed by atoms with Crippen LogP contribution in [0.25, 0.3) is 6.08 Å². The van der Waals surface area contributed by atoms with Gasteiger partial charge in [-0.15, -0.1) is 0 Å². The Morgan fingerprint density at radius 3 is 3.14 bits per heavy atom. The van der Waals surface area contributed by atoms with E-state index >= 15 is 0 Å². The first-order valence-corrected chi connectivity index (χ1v) is 7.69.